The van der Waals surface area contributed by atoms with E-state index in [-0.39, 0.29) is 5.56 Å². The molecule has 0 radical (unpaired) electrons. The van der Waals surface area contributed by atoms with E-state index >= 15 is 0 Å². The van der Waals surface area contributed by atoms with Crippen molar-refractivity contribution in [3.8, 4) is 0 Å². The summed E-state index contributed by atoms with van der Waals surface area (Å²) in [5.41, 5.74) is 1.96. The zero-order chi connectivity index (χ0) is 9.42. The van der Waals surface area contributed by atoms with Gasteiger partial charge in [0.2, 0.25) is 5.56 Å². The molecule has 0 spiro atoms. The van der Waals surface area contributed by atoms with E-state index < -0.39 is 0 Å². The number of H-pyrrole nitrogens is 1. The van der Waals surface area contributed by atoms with E-state index in [1.165, 1.54) is 0 Å². The minimum atomic E-state index is -0.0648. The van der Waals surface area contributed by atoms with Crippen molar-refractivity contribution in [1.29, 1.82) is 0 Å². The molecule has 2 aromatic rings. The number of benzene rings is 1. The summed E-state index contributed by atoms with van der Waals surface area (Å²) in [6.45, 7) is 2.02. The highest BCUT2D eigenvalue weighted by Crippen LogP contribution is 2.20. The molecule has 0 aliphatic rings. The lowest BCUT2D eigenvalue weighted by atomic mass is 10.1. The van der Waals surface area contributed by atoms with Gasteiger partial charge < -0.3 is 4.98 Å². The molecular weight excluding hydrogens is 230 g/mol. The van der Waals surface area contributed by atoms with Crippen molar-refractivity contribution in [2.45, 2.75) is 6.92 Å². The minimum Gasteiger partial charge on any atom is -0.322 e. The zero-order valence-corrected chi connectivity index (χ0v) is 8.68. The van der Waals surface area contributed by atoms with Gasteiger partial charge in [-0.1, -0.05) is 15.9 Å². The van der Waals surface area contributed by atoms with Crippen molar-refractivity contribution in [2.75, 3.05) is 0 Å². The number of pyridine rings is 1. The molecule has 0 amide bonds. The predicted molar refractivity (Wildman–Crippen MR) is 57.0 cm³/mol. The van der Waals surface area contributed by atoms with Gasteiger partial charge in [-0.3, -0.25) is 4.79 Å². The molecule has 1 aromatic carbocycles. The largest absolute Gasteiger partial charge is 0.322 e. The van der Waals surface area contributed by atoms with Gasteiger partial charge in [0, 0.05) is 21.4 Å². The molecule has 1 heterocycles. The molecule has 0 bridgehead atoms. The number of rotatable bonds is 0. The van der Waals surface area contributed by atoms with Crippen LogP contribution in [0.4, 0.5) is 0 Å². The Labute approximate surface area is 83.7 Å². The third-order valence-corrected chi connectivity index (χ3v) is 2.47. The highest BCUT2D eigenvalue weighted by molar-refractivity contribution is 9.10. The summed E-state index contributed by atoms with van der Waals surface area (Å²) in [6.07, 6.45) is 0. The lowest BCUT2D eigenvalue weighted by Gasteiger charge is -2.01. The average molecular weight is 238 g/mol. The van der Waals surface area contributed by atoms with Gasteiger partial charge in [-0.25, -0.2) is 0 Å². The Morgan fingerprint density at radius 1 is 1.31 bits per heavy atom. The van der Waals surface area contributed by atoms with Crippen LogP contribution in [-0.4, -0.2) is 4.98 Å². The lowest BCUT2D eigenvalue weighted by molar-refractivity contribution is 1.30. The average Bonchev–Trinajstić information content (AvgIpc) is 2.02. The molecule has 1 aromatic heterocycles. The van der Waals surface area contributed by atoms with Crippen LogP contribution >= 0.6 is 15.9 Å². The normalized spacial score (nSPS) is 10.6. The van der Waals surface area contributed by atoms with Gasteiger partial charge in [0.1, 0.15) is 0 Å². The molecule has 1 N–H and O–H groups in total. The lowest BCUT2D eigenvalue weighted by Crippen LogP contribution is -2.02. The second kappa shape index (κ2) is 3.00. The molecule has 13 heavy (non-hydrogen) atoms. The fourth-order valence-electron chi connectivity index (χ4n) is 1.41. The first-order valence-corrected chi connectivity index (χ1v) is 4.75. The number of nitrogens with one attached hydrogen (secondary N) is 1. The van der Waals surface area contributed by atoms with Crippen LogP contribution in [0.15, 0.2) is 33.5 Å². The van der Waals surface area contributed by atoms with E-state index in [1.807, 2.05) is 25.1 Å². The topological polar surface area (TPSA) is 32.9 Å². The van der Waals surface area contributed by atoms with Crippen molar-refractivity contribution < 1.29 is 0 Å². The fraction of sp³-hybridized carbons (Fsp3) is 0.100. The van der Waals surface area contributed by atoms with E-state index in [0.717, 1.165) is 20.9 Å². The van der Waals surface area contributed by atoms with Gasteiger partial charge in [-0.05, 0) is 30.7 Å². The first-order chi connectivity index (χ1) is 6.16. The number of aryl methyl sites for hydroxylation is 1. The monoisotopic (exact) mass is 237 g/mol. The van der Waals surface area contributed by atoms with E-state index in [4.69, 9.17) is 0 Å². The summed E-state index contributed by atoms with van der Waals surface area (Å²) in [7, 11) is 0. The fourth-order valence-corrected chi connectivity index (χ4v) is 1.98. The third-order valence-electron chi connectivity index (χ3n) is 2.01. The molecule has 66 valence electrons. The van der Waals surface area contributed by atoms with Crippen molar-refractivity contribution in [1.82, 2.24) is 4.98 Å². The molecule has 0 saturated heterocycles. The highest BCUT2D eigenvalue weighted by atomic mass is 79.9. The first-order valence-electron chi connectivity index (χ1n) is 3.96. The van der Waals surface area contributed by atoms with Gasteiger partial charge in [0.05, 0.1) is 0 Å². The van der Waals surface area contributed by atoms with Crippen molar-refractivity contribution >= 4 is 26.8 Å². The van der Waals surface area contributed by atoms with Gasteiger partial charge in [-0.15, -0.1) is 0 Å². The third kappa shape index (κ3) is 1.52. The second-order valence-corrected chi connectivity index (χ2v) is 3.92. The second-order valence-electron chi connectivity index (χ2n) is 3.01. The van der Waals surface area contributed by atoms with E-state index in [0.29, 0.717) is 0 Å². The molecule has 0 saturated carbocycles. The first kappa shape index (κ1) is 8.51. The maximum absolute atomic E-state index is 11.0. The number of aromatic nitrogens is 1. The Hall–Kier alpha value is -1.09. The summed E-state index contributed by atoms with van der Waals surface area (Å²) in [6, 6.07) is 7.32. The smallest absolute Gasteiger partial charge is 0.248 e. The predicted octanol–water partition coefficient (Wildman–Crippen LogP) is 2.60. The highest BCUT2D eigenvalue weighted by Gasteiger charge is 1.99. The maximum atomic E-state index is 11.0. The van der Waals surface area contributed by atoms with E-state index in [2.05, 4.69) is 20.9 Å². The number of fused-ring (bicyclic) bond motifs is 1. The van der Waals surface area contributed by atoms with Crippen molar-refractivity contribution in [2.24, 2.45) is 0 Å². The molecule has 0 unspecified atom stereocenters. The standard InChI is InChI=1S/C10H8BrNO/c1-6-4-7(11)5-9-8(6)2-3-10(13)12-9/h2-5H,1H3,(H,12,13). The van der Waals surface area contributed by atoms with Gasteiger partial charge >= 0.3 is 0 Å². The Morgan fingerprint density at radius 2 is 2.08 bits per heavy atom. The van der Waals surface area contributed by atoms with Gasteiger partial charge in [-0.2, -0.15) is 0 Å². The maximum Gasteiger partial charge on any atom is 0.248 e. The Bertz CT molecular complexity index is 516. The molecule has 0 aliphatic carbocycles. The van der Waals surface area contributed by atoms with Crippen LogP contribution in [0.1, 0.15) is 5.56 Å². The Balaban J connectivity index is 2.94. The van der Waals surface area contributed by atoms with Crippen LogP contribution < -0.4 is 5.56 Å². The SMILES string of the molecule is Cc1cc(Br)cc2[nH]c(=O)ccc12. The van der Waals surface area contributed by atoms with Crippen LogP contribution in [0.5, 0.6) is 0 Å². The molecule has 0 fully saturated rings. The van der Waals surface area contributed by atoms with Crippen LogP contribution in [0.25, 0.3) is 10.9 Å². The number of halogens is 1. The Kier molecular flexibility index (Phi) is 1.96. The molecule has 0 atom stereocenters. The molecule has 2 rings (SSSR count). The van der Waals surface area contributed by atoms with E-state index in [9.17, 15) is 4.79 Å². The quantitative estimate of drug-likeness (QED) is 0.751. The number of aromatic amines is 1. The molecule has 2 nitrogen and oxygen atoms in total. The van der Waals surface area contributed by atoms with Gasteiger partial charge in [0.15, 0.2) is 0 Å². The van der Waals surface area contributed by atoms with E-state index in [1.54, 1.807) is 6.07 Å². The molecule has 3 heteroatoms. The Morgan fingerprint density at radius 3 is 2.85 bits per heavy atom. The molecule has 0 aliphatic heterocycles. The minimum absolute atomic E-state index is 0.0648. The van der Waals surface area contributed by atoms with Gasteiger partial charge in [0.25, 0.3) is 0 Å². The van der Waals surface area contributed by atoms with Crippen LogP contribution in [-0.2, 0) is 0 Å². The van der Waals surface area contributed by atoms with Crippen LogP contribution in [0.2, 0.25) is 0 Å². The summed E-state index contributed by atoms with van der Waals surface area (Å²) in [4.78, 5) is 13.8. The summed E-state index contributed by atoms with van der Waals surface area (Å²) in [5.74, 6) is 0. The van der Waals surface area contributed by atoms with Crippen molar-refractivity contribution in [3.63, 3.8) is 0 Å². The summed E-state index contributed by atoms with van der Waals surface area (Å²) >= 11 is 3.39. The zero-order valence-electron chi connectivity index (χ0n) is 7.10. The summed E-state index contributed by atoms with van der Waals surface area (Å²) in [5, 5.41) is 1.09. The number of hydrogen-bond acceptors (Lipinski definition) is 1. The summed E-state index contributed by atoms with van der Waals surface area (Å²) < 4.78 is 0.986. The molecular formula is C10H8BrNO. The van der Waals surface area contributed by atoms with Crippen LogP contribution in [0, 0.1) is 6.92 Å². The van der Waals surface area contributed by atoms with Crippen molar-refractivity contribution in [3.05, 3.63) is 44.7 Å². The van der Waals surface area contributed by atoms with Crippen LogP contribution in [0.3, 0.4) is 0 Å². The number of hydrogen-bond donors (Lipinski definition) is 1.